The van der Waals surface area contributed by atoms with Crippen molar-refractivity contribution in [1.29, 1.82) is 0 Å². The van der Waals surface area contributed by atoms with Crippen LogP contribution >= 0.6 is 0 Å². The SMILES string of the molecule is COc1ccc(CCCCCCCCCC(C)(C)[Si](O[Si](c2ccccc2)(c2ccccc2)C(C)(C)CCCCCCCCCc2ccc(OC)cc2)(c2ccccc2)c2ccccc2)cc1. The summed E-state index contributed by atoms with van der Waals surface area (Å²) in [6.07, 6.45) is 22.3. The van der Waals surface area contributed by atoms with E-state index in [9.17, 15) is 0 Å². The molecule has 3 nitrogen and oxygen atoms in total. The summed E-state index contributed by atoms with van der Waals surface area (Å²) < 4.78 is 19.6. The first kappa shape index (κ1) is 51.7. The van der Waals surface area contributed by atoms with Gasteiger partial charge in [-0.3, -0.25) is 0 Å². The van der Waals surface area contributed by atoms with Gasteiger partial charge in [-0.2, -0.15) is 0 Å². The van der Waals surface area contributed by atoms with Crippen molar-refractivity contribution in [2.45, 2.75) is 153 Å². The predicted molar refractivity (Wildman–Crippen MR) is 292 cm³/mol. The minimum absolute atomic E-state index is 0.112. The molecule has 0 aliphatic carbocycles. The van der Waals surface area contributed by atoms with Gasteiger partial charge in [0.25, 0.3) is 16.6 Å². The van der Waals surface area contributed by atoms with Crippen LogP contribution in [0.1, 0.15) is 142 Å². The van der Waals surface area contributed by atoms with E-state index in [1.807, 2.05) is 0 Å². The zero-order chi connectivity index (χ0) is 47.3. The average Bonchev–Trinajstić information content (AvgIpc) is 3.37. The van der Waals surface area contributed by atoms with E-state index in [1.54, 1.807) is 14.2 Å². The van der Waals surface area contributed by atoms with Crippen molar-refractivity contribution in [2.75, 3.05) is 14.2 Å². The molecule has 0 aliphatic heterocycles. The second-order valence-electron chi connectivity index (χ2n) is 20.3. The Labute approximate surface area is 409 Å². The summed E-state index contributed by atoms with van der Waals surface area (Å²) in [6, 6.07) is 63.2. The van der Waals surface area contributed by atoms with Crippen molar-refractivity contribution in [3.63, 3.8) is 0 Å². The number of methoxy groups -OCH3 is 2. The van der Waals surface area contributed by atoms with Crippen LogP contribution in [0, 0.1) is 0 Å². The van der Waals surface area contributed by atoms with Gasteiger partial charge in [-0.05, 0) is 105 Å². The first-order valence-corrected chi connectivity index (χ1v) is 29.6. The normalized spacial score (nSPS) is 12.3. The predicted octanol–water partition coefficient (Wildman–Crippen LogP) is 14.8. The van der Waals surface area contributed by atoms with Crippen LogP contribution in [0.3, 0.4) is 0 Å². The summed E-state index contributed by atoms with van der Waals surface area (Å²) in [5.41, 5.74) is 2.81. The van der Waals surface area contributed by atoms with Crippen molar-refractivity contribution in [2.24, 2.45) is 0 Å². The summed E-state index contributed by atoms with van der Waals surface area (Å²) in [6.45, 7) is 10.3. The Morgan fingerprint density at radius 1 is 0.313 bits per heavy atom. The summed E-state index contributed by atoms with van der Waals surface area (Å²) in [5.74, 6) is 1.87. The number of unbranched alkanes of at least 4 members (excludes halogenated alkanes) is 12. The fourth-order valence-electron chi connectivity index (χ4n) is 10.8. The van der Waals surface area contributed by atoms with Crippen LogP contribution in [-0.2, 0) is 17.0 Å². The molecule has 5 heteroatoms. The zero-order valence-corrected chi connectivity index (χ0v) is 44.1. The molecule has 0 unspecified atom stereocenters. The molecule has 0 spiro atoms. The van der Waals surface area contributed by atoms with Crippen LogP contribution < -0.4 is 30.2 Å². The lowest BCUT2D eigenvalue weighted by Crippen LogP contribution is -2.78. The molecule has 356 valence electrons. The van der Waals surface area contributed by atoms with E-state index >= 15 is 0 Å². The van der Waals surface area contributed by atoms with Gasteiger partial charge in [0.2, 0.25) is 0 Å². The van der Waals surface area contributed by atoms with Crippen LogP contribution in [0.5, 0.6) is 11.5 Å². The van der Waals surface area contributed by atoms with Crippen molar-refractivity contribution in [1.82, 2.24) is 0 Å². The summed E-state index contributed by atoms with van der Waals surface area (Å²) in [7, 11) is -2.66. The molecular weight excluding hydrogens is 849 g/mol. The first-order valence-electron chi connectivity index (χ1n) is 25.8. The van der Waals surface area contributed by atoms with Crippen molar-refractivity contribution < 1.29 is 13.6 Å². The molecule has 0 bridgehead atoms. The van der Waals surface area contributed by atoms with Gasteiger partial charge in [0.15, 0.2) is 0 Å². The Kier molecular flexibility index (Phi) is 20.2. The second-order valence-corrected chi connectivity index (χ2v) is 28.9. The fourth-order valence-corrected chi connectivity index (χ4v) is 24.3. The highest BCUT2D eigenvalue weighted by molar-refractivity contribution is 7.11. The van der Waals surface area contributed by atoms with Gasteiger partial charge in [0.05, 0.1) is 14.2 Å². The lowest BCUT2D eigenvalue weighted by molar-refractivity contribution is 0.414. The molecular formula is C62H82O3Si2. The number of hydrogen-bond acceptors (Lipinski definition) is 3. The molecule has 6 aromatic rings. The van der Waals surface area contributed by atoms with E-state index in [2.05, 4.69) is 198 Å². The quantitative estimate of drug-likeness (QED) is 0.0333. The molecule has 6 aromatic carbocycles. The van der Waals surface area contributed by atoms with Crippen LogP contribution in [0.2, 0.25) is 10.1 Å². The Balaban J connectivity index is 1.21. The molecule has 0 amide bonds. The third-order valence-corrected chi connectivity index (χ3v) is 26.1. The molecule has 0 N–H and O–H groups in total. The van der Waals surface area contributed by atoms with Crippen LogP contribution in [0.25, 0.3) is 0 Å². The van der Waals surface area contributed by atoms with E-state index in [4.69, 9.17) is 13.6 Å². The highest BCUT2D eigenvalue weighted by Crippen LogP contribution is 2.49. The lowest BCUT2D eigenvalue weighted by Gasteiger charge is -2.55. The minimum atomic E-state index is -3.07. The maximum atomic E-state index is 8.91. The number of benzene rings is 6. The molecule has 0 fully saturated rings. The second kappa shape index (κ2) is 26.2. The number of aryl methyl sites for hydroxylation is 2. The van der Waals surface area contributed by atoms with Crippen molar-refractivity contribution in [3.8, 4) is 11.5 Å². The standard InChI is InChI=1S/C62H82O3Si2/c1-61(2,51-31-15-11-7-9-13-21-33-53-43-47-55(63-5)48-44-53)66(57-35-23-17-24-36-57,58-37-25-18-26-38-58)65-67(59-39-27-19-28-40-59,60-41-29-20-30-42-60)62(3,4)52-32-16-12-8-10-14-22-34-54-45-49-56(64-6)50-46-54/h17-20,23-30,35-50H,7-16,21-22,31-34,51-52H2,1-6H3. The van der Waals surface area contributed by atoms with Gasteiger partial charge in [-0.25, -0.2) is 0 Å². The van der Waals surface area contributed by atoms with Gasteiger partial charge in [0.1, 0.15) is 11.5 Å². The van der Waals surface area contributed by atoms with E-state index in [1.165, 1.54) is 122 Å². The Hall–Kier alpha value is -4.69. The average molecular weight is 932 g/mol. The van der Waals surface area contributed by atoms with Gasteiger partial charge < -0.3 is 13.6 Å². The van der Waals surface area contributed by atoms with Crippen LogP contribution in [0.15, 0.2) is 170 Å². The third kappa shape index (κ3) is 13.7. The van der Waals surface area contributed by atoms with Crippen molar-refractivity contribution in [3.05, 3.63) is 181 Å². The smallest absolute Gasteiger partial charge is 0.251 e. The molecule has 0 heterocycles. The Morgan fingerprint density at radius 3 is 0.836 bits per heavy atom. The van der Waals surface area contributed by atoms with Gasteiger partial charge >= 0.3 is 0 Å². The third-order valence-electron chi connectivity index (χ3n) is 14.8. The molecule has 0 aliphatic rings. The fraction of sp³-hybridized carbons (Fsp3) is 0.419. The molecule has 67 heavy (non-hydrogen) atoms. The van der Waals surface area contributed by atoms with Crippen molar-refractivity contribution >= 4 is 37.4 Å². The van der Waals surface area contributed by atoms with Crippen LogP contribution in [-0.4, -0.2) is 30.9 Å². The molecule has 0 aromatic heterocycles. The molecule has 0 saturated heterocycles. The van der Waals surface area contributed by atoms with E-state index in [0.29, 0.717) is 0 Å². The summed E-state index contributed by atoms with van der Waals surface area (Å²) >= 11 is 0. The minimum Gasteiger partial charge on any atom is -0.497 e. The van der Waals surface area contributed by atoms with Gasteiger partial charge in [-0.15, -0.1) is 0 Å². The van der Waals surface area contributed by atoms with E-state index in [0.717, 1.165) is 37.2 Å². The molecule has 6 rings (SSSR count). The number of rotatable bonds is 30. The summed E-state index contributed by atoms with van der Waals surface area (Å²) in [5, 5.41) is 5.31. The van der Waals surface area contributed by atoms with Gasteiger partial charge in [0, 0.05) is 0 Å². The highest BCUT2D eigenvalue weighted by Gasteiger charge is 2.62. The van der Waals surface area contributed by atoms with Crippen LogP contribution in [0.4, 0.5) is 0 Å². The monoisotopic (exact) mass is 931 g/mol. The topological polar surface area (TPSA) is 27.7 Å². The number of ether oxygens (including phenoxy) is 2. The largest absolute Gasteiger partial charge is 0.497 e. The molecule has 0 saturated carbocycles. The van der Waals surface area contributed by atoms with Gasteiger partial charge in [-0.1, -0.05) is 250 Å². The highest BCUT2D eigenvalue weighted by atomic mass is 28.4. The first-order chi connectivity index (χ1) is 32.6. The Morgan fingerprint density at radius 2 is 0.567 bits per heavy atom. The Bertz CT molecular complexity index is 2000. The molecule has 0 atom stereocenters. The summed E-state index contributed by atoms with van der Waals surface area (Å²) in [4.78, 5) is 0. The maximum Gasteiger partial charge on any atom is 0.251 e. The lowest BCUT2D eigenvalue weighted by atomic mass is 10.0. The maximum absolute atomic E-state index is 8.91. The zero-order valence-electron chi connectivity index (χ0n) is 42.1. The molecule has 0 radical (unpaired) electrons. The number of hydrogen-bond donors (Lipinski definition) is 0. The van der Waals surface area contributed by atoms with E-state index < -0.39 is 16.6 Å². The van der Waals surface area contributed by atoms with E-state index in [-0.39, 0.29) is 10.1 Å².